The zero-order chi connectivity index (χ0) is 24.2. The Bertz CT molecular complexity index is 868. The fourth-order valence-electron chi connectivity index (χ4n) is 3.75. The zero-order valence-corrected chi connectivity index (χ0v) is 20.4. The number of benzene rings is 3. The molecule has 0 saturated carbocycles. The molecule has 0 saturated heterocycles. The van der Waals surface area contributed by atoms with Crippen LogP contribution in [0.4, 0.5) is 0 Å². The lowest BCUT2D eigenvalue weighted by Crippen LogP contribution is -2.24. The zero-order valence-electron chi connectivity index (χ0n) is 20.4. The summed E-state index contributed by atoms with van der Waals surface area (Å²) in [7, 11) is 0. The highest BCUT2D eigenvalue weighted by atomic mass is 16.5. The first-order chi connectivity index (χ1) is 16.7. The van der Waals surface area contributed by atoms with Gasteiger partial charge in [0.1, 0.15) is 36.9 Å². The summed E-state index contributed by atoms with van der Waals surface area (Å²) in [6.07, 6.45) is 2.64. The molecule has 186 valence electrons. The van der Waals surface area contributed by atoms with Crippen LogP contribution in [0.25, 0.3) is 21.5 Å². The lowest BCUT2D eigenvalue weighted by molar-refractivity contribution is 0.0115. The monoisotopic (exact) mass is 470 g/mol. The van der Waals surface area contributed by atoms with Crippen molar-refractivity contribution < 1.29 is 29.2 Å². The summed E-state index contributed by atoms with van der Waals surface area (Å²) in [5.74, 6) is 1.41. The number of hydrogen-bond acceptors (Lipinski definition) is 6. The van der Waals surface area contributed by atoms with Gasteiger partial charge in [-0.3, -0.25) is 0 Å². The molecular weight excluding hydrogens is 432 g/mol. The maximum absolute atomic E-state index is 10.3. The number of hydrogen-bond donors (Lipinski definition) is 2. The first-order valence-electron chi connectivity index (χ1n) is 12.4. The molecule has 0 bridgehead atoms. The van der Waals surface area contributed by atoms with E-state index >= 15 is 0 Å². The van der Waals surface area contributed by atoms with Crippen LogP contribution in [-0.2, 0) is 9.47 Å². The normalized spacial score (nSPS) is 13.3. The second-order valence-electron chi connectivity index (χ2n) is 8.54. The Morgan fingerprint density at radius 3 is 1.26 bits per heavy atom. The van der Waals surface area contributed by atoms with E-state index in [2.05, 4.69) is 13.8 Å². The SMILES string of the molecule is CCCCOCC(O)COc1c2ccccc2c(OCC(O)COCCCC)c2ccccc12. The number of aliphatic hydroxyl groups is 2. The van der Waals surface area contributed by atoms with Crippen molar-refractivity contribution in [2.45, 2.75) is 51.7 Å². The highest BCUT2D eigenvalue weighted by Gasteiger charge is 2.18. The van der Waals surface area contributed by atoms with Gasteiger partial charge in [-0.1, -0.05) is 75.2 Å². The summed E-state index contributed by atoms with van der Waals surface area (Å²) in [6, 6.07) is 15.7. The molecule has 0 amide bonds. The highest BCUT2D eigenvalue weighted by molar-refractivity contribution is 6.11. The fraction of sp³-hybridized carbons (Fsp3) is 0.500. The van der Waals surface area contributed by atoms with Gasteiger partial charge in [-0.15, -0.1) is 0 Å². The quantitative estimate of drug-likeness (QED) is 0.224. The number of ether oxygens (including phenoxy) is 4. The van der Waals surface area contributed by atoms with Gasteiger partial charge in [-0.25, -0.2) is 0 Å². The van der Waals surface area contributed by atoms with Crippen LogP contribution in [0.2, 0.25) is 0 Å². The largest absolute Gasteiger partial charge is 0.489 e. The Hall–Kier alpha value is -2.38. The van der Waals surface area contributed by atoms with Crippen LogP contribution < -0.4 is 9.47 Å². The summed E-state index contributed by atoms with van der Waals surface area (Å²) in [5.41, 5.74) is 0. The number of unbranched alkanes of at least 4 members (excludes halogenated alkanes) is 2. The van der Waals surface area contributed by atoms with Crippen molar-refractivity contribution in [3.8, 4) is 11.5 Å². The summed E-state index contributed by atoms with van der Waals surface area (Å²) in [4.78, 5) is 0. The van der Waals surface area contributed by atoms with E-state index in [9.17, 15) is 10.2 Å². The minimum atomic E-state index is -0.715. The van der Waals surface area contributed by atoms with Gasteiger partial charge in [-0.05, 0) is 12.8 Å². The van der Waals surface area contributed by atoms with Gasteiger partial charge >= 0.3 is 0 Å². The number of aliphatic hydroxyl groups excluding tert-OH is 2. The highest BCUT2D eigenvalue weighted by Crippen LogP contribution is 2.42. The van der Waals surface area contributed by atoms with Gasteiger partial charge in [0.2, 0.25) is 0 Å². The first kappa shape index (κ1) is 26.2. The molecule has 2 unspecified atom stereocenters. The average Bonchev–Trinajstić information content (AvgIpc) is 2.86. The smallest absolute Gasteiger partial charge is 0.135 e. The Balaban J connectivity index is 1.79. The van der Waals surface area contributed by atoms with Crippen LogP contribution in [-0.4, -0.2) is 62.1 Å². The maximum atomic E-state index is 10.3. The molecule has 3 aromatic carbocycles. The molecule has 0 aliphatic rings. The Kier molecular flexibility index (Phi) is 10.9. The van der Waals surface area contributed by atoms with Crippen LogP contribution in [0.5, 0.6) is 11.5 Å². The predicted molar refractivity (Wildman–Crippen MR) is 136 cm³/mol. The van der Waals surface area contributed by atoms with E-state index in [1.165, 1.54) is 0 Å². The van der Waals surface area contributed by atoms with Gasteiger partial charge in [0.15, 0.2) is 0 Å². The summed E-state index contributed by atoms with van der Waals surface area (Å²) in [6.45, 7) is 6.25. The molecule has 0 aliphatic heterocycles. The van der Waals surface area contributed by atoms with E-state index in [4.69, 9.17) is 18.9 Å². The molecule has 0 aliphatic carbocycles. The van der Waals surface area contributed by atoms with Crippen molar-refractivity contribution in [1.82, 2.24) is 0 Å². The van der Waals surface area contributed by atoms with Crippen LogP contribution in [0.3, 0.4) is 0 Å². The molecule has 0 spiro atoms. The summed E-state index contributed by atoms with van der Waals surface area (Å²) < 4.78 is 23.4. The third kappa shape index (κ3) is 7.31. The molecule has 3 rings (SSSR count). The standard InChI is InChI=1S/C28H38O6/c1-3-5-15-31-17-21(29)19-33-27-23-11-7-9-13-25(23)28(26-14-10-8-12-24(26)27)34-20-22(30)18-32-16-6-4-2/h7-14,21-22,29-30H,3-6,15-20H2,1-2H3. The van der Waals surface area contributed by atoms with Gasteiger partial charge in [0, 0.05) is 34.8 Å². The first-order valence-corrected chi connectivity index (χ1v) is 12.4. The Morgan fingerprint density at radius 2 is 0.941 bits per heavy atom. The molecule has 6 heteroatoms. The lowest BCUT2D eigenvalue weighted by atomic mass is 10.0. The van der Waals surface area contributed by atoms with Gasteiger partial charge in [0.25, 0.3) is 0 Å². The van der Waals surface area contributed by atoms with E-state index in [0.717, 1.165) is 47.2 Å². The molecular formula is C28H38O6. The Morgan fingerprint density at radius 1 is 0.588 bits per heavy atom. The van der Waals surface area contributed by atoms with E-state index in [1.54, 1.807) is 0 Å². The van der Waals surface area contributed by atoms with Gasteiger partial charge in [-0.2, -0.15) is 0 Å². The van der Waals surface area contributed by atoms with E-state index in [1.807, 2.05) is 48.5 Å². The van der Waals surface area contributed by atoms with Crippen molar-refractivity contribution in [3.63, 3.8) is 0 Å². The molecule has 2 atom stereocenters. The van der Waals surface area contributed by atoms with E-state index in [-0.39, 0.29) is 26.4 Å². The minimum absolute atomic E-state index is 0.133. The molecule has 0 heterocycles. The summed E-state index contributed by atoms with van der Waals surface area (Å²) in [5, 5.41) is 24.3. The molecule has 2 N–H and O–H groups in total. The van der Waals surface area contributed by atoms with Crippen molar-refractivity contribution in [2.24, 2.45) is 0 Å². The van der Waals surface area contributed by atoms with Crippen LogP contribution in [0.15, 0.2) is 48.5 Å². The summed E-state index contributed by atoms with van der Waals surface area (Å²) >= 11 is 0. The molecule has 0 radical (unpaired) electrons. The molecule has 6 nitrogen and oxygen atoms in total. The fourth-order valence-corrected chi connectivity index (χ4v) is 3.75. The van der Waals surface area contributed by atoms with E-state index in [0.29, 0.717) is 24.7 Å². The van der Waals surface area contributed by atoms with Crippen molar-refractivity contribution >= 4 is 21.5 Å². The second kappa shape index (κ2) is 14.1. The molecule has 34 heavy (non-hydrogen) atoms. The molecule has 0 aromatic heterocycles. The van der Waals surface area contributed by atoms with Crippen LogP contribution in [0, 0.1) is 0 Å². The van der Waals surface area contributed by atoms with Gasteiger partial charge in [0.05, 0.1) is 13.2 Å². The number of fused-ring (bicyclic) bond motifs is 2. The lowest BCUT2D eigenvalue weighted by Gasteiger charge is -2.20. The third-order valence-corrected chi connectivity index (χ3v) is 5.58. The number of rotatable bonds is 16. The topological polar surface area (TPSA) is 77.4 Å². The average molecular weight is 471 g/mol. The predicted octanol–water partition coefficient (Wildman–Crippen LogP) is 5.11. The van der Waals surface area contributed by atoms with E-state index < -0.39 is 12.2 Å². The molecule has 0 fully saturated rings. The van der Waals surface area contributed by atoms with Crippen LogP contribution >= 0.6 is 0 Å². The Labute approximate surface area is 202 Å². The maximum Gasteiger partial charge on any atom is 0.135 e. The van der Waals surface area contributed by atoms with Gasteiger partial charge < -0.3 is 29.2 Å². The molecule has 3 aromatic rings. The second-order valence-corrected chi connectivity index (χ2v) is 8.54. The van der Waals surface area contributed by atoms with Crippen molar-refractivity contribution in [3.05, 3.63) is 48.5 Å². The van der Waals surface area contributed by atoms with Crippen LogP contribution in [0.1, 0.15) is 39.5 Å². The van der Waals surface area contributed by atoms with Crippen molar-refractivity contribution in [2.75, 3.05) is 39.6 Å². The minimum Gasteiger partial charge on any atom is -0.489 e. The van der Waals surface area contributed by atoms with Crippen molar-refractivity contribution in [1.29, 1.82) is 0 Å². The third-order valence-electron chi connectivity index (χ3n) is 5.58.